The number of rotatable bonds is 6. The highest BCUT2D eigenvalue weighted by Crippen LogP contribution is 2.26. The molecule has 0 saturated carbocycles. The van der Waals surface area contributed by atoms with Gasteiger partial charge in [-0.25, -0.2) is 9.50 Å². The Hall–Kier alpha value is -3.60. The van der Waals surface area contributed by atoms with E-state index in [1.807, 2.05) is 32.0 Å². The van der Waals surface area contributed by atoms with Crippen molar-refractivity contribution in [1.82, 2.24) is 19.6 Å². The standard InChI is InChI=1S/C22H18F3N5O2S/c1-13-11-14(2)30-20(26-13)28-21(29-30)33-12-15-5-3-4-6-18(15)19(31)27-16-7-9-17(10-8-16)32-22(23,24)25/h3-11H,12H2,1-2H3,(H,27,31). The molecule has 0 aliphatic carbocycles. The Balaban J connectivity index is 1.46. The van der Waals surface area contributed by atoms with Crippen LogP contribution in [0, 0.1) is 13.8 Å². The zero-order chi connectivity index (χ0) is 23.6. The van der Waals surface area contributed by atoms with Gasteiger partial charge in [-0.05, 0) is 55.8 Å². The number of carbonyl (C=O) groups excluding carboxylic acids is 1. The first-order chi connectivity index (χ1) is 15.7. The molecule has 2 heterocycles. The van der Waals surface area contributed by atoms with Crippen molar-refractivity contribution in [3.8, 4) is 5.75 Å². The Morgan fingerprint density at radius 1 is 1.09 bits per heavy atom. The fourth-order valence-electron chi connectivity index (χ4n) is 3.16. The van der Waals surface area contributed by atoms with E-state index in [1.54, 1.807) is 16.6 Å². The number of alkyl halides is 3. The zero-order valence-corrected chi connectivity index (χ0v) is 18.4. The minimum atomic E-state index is -4.77. The number of hydrogen-bond donors (Lipinski definition) is 1. The number of aryl methyl sites for hydroxylation is 2. The molecule has 0 saturated heterocycles. The van der Waals surface area contributed by atoms with Crippen LogP contribution in [0.15, 0.2) is 59.8 Å². The first kappa shape index (κ1) is 22.6. The van der Waals surface area contributed by atoms with Crippen molar-refractivity contribution in [1.29, 1.82) is 0 Å². The molecular formula is C22H18F3N5O2S. The number of nitrogens with one attached hydrogen (secondary N) is 1. The van der Waals surface area contributed by atoms with E-state index in [-0.39, 0.29) is 11.7 Å². The van der Waals surface area contributed by atoms with Crippen molar-refractivity contribution in [3.05, 3.63) is 77.1 Å². The van der Waals surface area contributed by atoms with E-state index in [0.717, 1.165) is 29.1 Å². The first-order valence-corrected chi connectivity index (χ1v) is 10.8. The predicted octanol–water partition coefficient (Wildman–Crippen LogP) is 5.18. The second-order valence-electron chi connectivity index (χ2n) is 7.12. The van der Waals surface area contributed by atoms with Gasteiger partial charge >= 0.3 is 6.36 Å². The van der Waals surface area contributed by atoms with Gasteiger partial charge in [0.15, 0.2) is 0 Å². The normalized spacial score (nSPS) is 11.5. The average Bonchev–Trinajstić information content (AvgIpc) is 3.16. The van der Waals surface area contributed by atoms with Crippen LogP contribution in [-0.2, 0) is 5.75 Å². The number of ether oxygens (including phenoxy) is 1. The summed E-state index contributed by atoms with van der Waals surface area (Å²) < 4.78 is 42.4. The largest absolute Gasteiger partial charge is 0.573 e. The quantitative estimate of drug-likeness (QED) is 0.389. The summed E-state index contributed by atoms with van der Waals surface area (Å²) in [6.07, 6.45) is -4.77. The topological polar surface area (TPSA) is 81.4 Å². The number of thioether (sulfide) groups is 1. The second kappa shape index (κ2) is 9.10. The zero-order valence-electron chi connectivity index (χ0n) is 17.6. The molecule has 7 nitrogen and oxygen atoms in total. The van der Waals surface area contributed by atoms with Crippen LogP contribution >= 0.6 is 11.8 Å². The fourth-order valence-corrected chi connectivity index (χ4v) is 3.98. The third-order valence-electron chi connectivity index (χ3n) is 4.56. The molecule has 0 aliphatic heterocycles. The third-order valence-corrected chi connectivity index (χ3v) is 5.45. The molecule has 0 spiro atoms. The lowest BCUT2D eigenvalue weighted by Crippen LogP contribution is -2.17. The van der Waals surface area contributed by atoms with Crippen molar-refractivity contribution in [2.24, 2.45) is 0 Å². The molecule has 33 heavy (non-hydrogen) atoms. The summed E-state index contributed by atoms with van der Waals surface area (Å²) in [6.45, 7) is 3.81. The van der Waals surface area contributed by atoms with Crippen molar-refractivity contribution in [3.63, 3.8) is 0 Å². The molecule has 0 radical (unpaired) electrons. The molecule has 0 bridgehead atoms. The van der Waals surface area contributed by atoms with Crippen molar-refractivity contribution in [2.45, 2.75) is 31.1 Å². The maximum atomic E-state index is 12.8. The van der Waals surface area contributed by atoms with Crippen LogP contribution in [0.1, 0.15) is 27.3 Å². The lowest BCUT2D eigenvalue weighted by molar-refractivity contribution is -0.274. The van der Waals surface area contributed by atoms with E-state index in [1.165, 1.54) is 23.9 Å². The smallest absolute Gasteiger partial charge is 0.406 e. The number of nitrogens with zero attached hydrogens (tertiary/aromatic N) is 4. The van der Waals surface area contributed by atoms with Crippen LogP contribution in [0.4, 0.5) is 18.9 Å². The molecule has 0 fully saturated rings. The van der Waals surface area contributed by atoms with Gasteiger partial charge in [0, 0.05) is 28.4 Å². The molecule has 0 atom stereocenters. The summed E-state index contributed by atoms with van der Waals surface area (Å²) in [4.78, 5) is 21.6. The molecule has 170 valence electrons. The van der Waals surface area contributed by atoms with E-state index in [2.05, 4.69) is 25.1 Å². The van der Waals surface area contributed by atoms with Crippen LogP contribution in [0.3, 0.4) is 0 Å². The lowest BCUT2D eigenvalue weighted by Gasteiger charge is -2.11. The van der Waals surface area contributed by atoms with Crippen LogP contribution < -0.4 is 10.1 Å². The number of carbonyl (C=O) groups is 1. The Morgan fingerprint density at radius 2 is 1.82 bits per heavy atom. The number of aromatic nitrogens is 4. The van der Waals surface area contributed by atoms with Crippen LogP contribution in [0.2, 0.25) is 0 Å². The minimum absolute atomic E-state index is 0.343. The van der Waals surface area contributed by atoms with Gasteiger partial charge in [-0.15, -0.1) is 18.3 Å². The number of halogens is 3. The fraction of sp³-hybridized carbons (Fsp3) is 0.182. The van der Waals surface area contributed by atoms with Crippen molar-refractivity contribution < 1.29 is 22.7 Å². The van der Waals surface area contributed by atoms with Gasteiger partial charge in [0.05, 0.1) is 0 Å². The van der Waals surface area contributed by atoms with Crippen LogP contribution in [0.5, 0.6) is 5.75 Å². The van der Waals surface area contributed by atoms with Gasteiger partial charge in [0.2, 0.25) is 5.16 Å². The summed E-state index contributed by atoms with van der Waals surface area (Å²) in [5.41, 5.74) is 3.31. The molecular weight excluding hydrogens is 455 g/mol. The van der Waals surface area contributed by atoms with Gasteiger partial charge in [0.1, 0.15) is 5.75 Å². The highest BCUT2D eigenvalue weighted by Gasteiger charge is 2.31. The number of anilines is 1. The second-order valence-corrected chi connectivity index (χ2v) is 8.06. The summed E-state index contributed by atoms with van der Waals surface area (Å²) in [6, 6.07) is 13.9. The van der Waals surface area contributed by atoms with E-state index in [0.29, 0.717) is 27.9 Å². The van der Waals surface area contributed by atoms with E-state index >= 15 is 0 Å². The highest BCUT2D eigenvalue weighted by atomic mass is 32.2. The average molecular weight is 473 g/mol. The monoisotopic (exact) mass is 473 g/mol. The first-order valence-electron chi connectivity index (χ1n) is 9.77. The van der Waals surface area contributed by atoms with Gasteiger partial charge in [-0.1, -0.05) is 30.0 Å². The molecule has 0 aliphatic rings. The van der Waals surface area contributed by atoms with Gasteiger partial charge in [-0.2, -0.15) is 4.98 Å². The van der Waals surface area contributed by atoms with Crippen LogP contribution in [-0.4, -0.2) is 31.9 Å². The maximum Gasteiger partial charge on any atom is 0.573 e. The molecule has 4 rings (SSSR count). The molecule has 1 N–H and O–H groups in total. The predicted molar refractivity (Wildman–Crippen MR) is 117 cm³/mol. The number of amides is 1. The Morgan fingerprint density at radius 3 is 2.55 bits per heavy atom. The number of fused-ring (bicyclic) bond motifs is 1. The Bertz CT molecular complexity index is 1310. The van der Waals surface area contributed by atoms with E-state index in [9.17, 15) is 18.0 Å². The highest BCUT2D eigenvalue weighted by molar-refractivity contribution is 7.98. The van der Waals surface area contributed by atoms with E-state index < -0.39 is 6.36 Å². The van der Waals surface area contributed by atoms with Crippen LogP contribution in [0.25, 0.3) is 5.78 Å². The SMILES string of the molecule is Cc1cc(C)n2nc(SCc3ccccc3C(=O)Nc3ccc(OC(F)(F)F)cc3)nc2n1. The van der Waals surface area contributed by atoms with Gasteiger partial charge < -0.3 is 10.1 Å². The number of benzene rings is 2. The van der Waals surface area contributed by atoms with Gasteiger partial charge in [0.25, 0.3) is 11.7 Å². The molecule has 4 aromatic rings. The molecule has 2 aromatic heterocycles. The molecule has 2 aromatic carbocycles. The molecule has 1 amide bonds. The summed E-state index contributed by atoms with van der Waals surface area (Å²) in [5.74, 6) is 0.208. The molecule has 0 unspecified atom stereocenters. The summed E-state index contributed by atoms with van der Waals surface area (Å²) >= 11 is 1.37. The van der Waals surface area contributed by atoms with Gasteiger partial charge in [-0.3, -0.25) is 4.79 Å². The molecule has 11 heteroatoms. The third kappa shape index (κ3) is 5.61. The van der Waals surface area contributed by atoms with Crippen molar-refractivity contribution >= 4 is 29.1 Å². The summed E-state index contributed by atoms with van der Waals surface area (Å²) in [5, 5.41) is 7.68. The Kier molecular flexibility index (Phi) is 6.23. The Labute approximate surface area is 191 Å². The minimum Gasteiger partial charge on any atom is -0.406 e. The lowest BCUT2D eigenvalue weighted by atomic mass is 10.1. The summed E-state index contributed by atoms with van der Waals surface area (Å²) in [7, 11) is 0. The van der Waals surface area contributed by atoms with E-state index in [4.69, 9.17) is 0 Å². The maximum absolute atomic E-state index is 12.8. The van der Waals surface area contributed by atoms with Crippen molar-refractivity contribution in [2.75, 3.05) is 5.32 Å². The number of hydrogen-bond acceptors (Lipinski definition) is 6.